The predicted molar refractivity (Wildman–Crippen MR) is 71.7 cm³/mol. The number of nitriles is 1. The summed E-state index contributed by atoms with van der Waals surface area (Å²) in [7, 11) is 0. The number of esters is 1. The fraction of sp³-hybridized carbons (Fsp3) is 0.0667. The highest BCUT2D eigenvalue weighted by Gasteiger charge is 2.13. The summed E-state index contributed by atoms with van der Waals surface area (Å²) in [5.74, 6) is -1.49. The van der Waals surface area contributed by atoms with Gasteiger partial charge in [0, 0.05) is 5.02 Å². The molecule has 0 aliphatic heterocycles. The lowest BCUT2D eigenvalue weighted by Crippen LogP contribution is -2.07. The molecule has 3 nitrogen and oxygen atoms in total. The molecule has 0 bridgehead atoms. The standard InChI is InChI=1S/C15H9ClFNO2/c16-12-4-5-14(17)13(7-12)15(19)20-9-11-3-1-2-10(6-11)8-18/h1-7H,9H2. The van der Waals surface area contributed by atoms with E-state index in [9.17, 15) is 9.18 Å². The number of nitrogens with zero attached hydrogens (tertiary/aromatic N) is 1. The van der Waals surface area contributed by atoms with Crippen LogP contribution < -0.4 is 0 Å². The number of carbonyl (C=O) groups is 1. The van der Waals surface area contributed by atoms with Crippen molar-refractivity contribution in [1.29, 1.82) is 5.26 Å². The van der Waals surface area contributed by atoms with Crippen LogP contribution in [-0.2, 0) is 11.3 Å². The lowest BCUT2D eigenvalue weighted by Gasteiger charge is -2.06. The van der Waals surface area contributed by atoms with E-state index in [1.165, 1.54) is 12.1 Å². The number of rotatable bonds is 3. The molecular formula is C15H9ClFNO2. The number of halogens is 2. The van der Waals surface area contributed by atoms with Crippen molar-refractivity contribution in [2.24, 2.45) is 0 Å². The van der Waals surface area contributed by atoms with Crippen molar-refractivity contribution < 1.29 is 13.9 Å². The molecule has 2 aromatic rings. The van der Waals surface area contributed by atoms with Crippen LogP contribution in [0.2, 0.25) is 5.02 Å². The van der Waals surface area contributed by atoms with Crippen molar-refractivity contribution in [2.75, 3.05) is 0 Å². The Morgan fingerprint density at radius 1 is 1.30 bits per heavy atom. The second kappa shape index (κ2) is 6.18. The summed E-state index contributed by atoms with van der Waals surface area (Å²) in [4.78, 5) is 11.8. The van der Waals surface area contributed by atoms with Crippen molar-refractivity contribution in [2.45, 2.75) is 6.61 Å². The second-order valence-corrected chi connectivity index (χ2v) is 4.45. The second-order valence-electron chi connectivity index (χ2n) is 4.01. The van der Waals surface area contributed by atoms with E-state index in [0.29, 0.717) is 11.1 Å². The molecule has 100 valence electrons. The van der Waals surface area contributed by atoms with Gasteiger partial charge >= 0.3 is 5.97 Å². The minimum absolute atomic E-state index is 0.0414. The molecule has 0 fully saturated rings. The fourth-order valence-corrected chi connectivity index (χ4v) is 1.78. The Labute approximate surface area is 120 Å². The average Bonchev–Trinajstić information content (AvgIpc) is 2.47. The van der Waals surface area contributed by atoms with E-state index in [-0.39, 0.29) is 17.2 Å². The van der Waals surface area contributed by atoms with Gasteiger partial charge < -0.3 is 4.74 Å². The molecule has 0 aliphatic rings. The molecule has 0 amide bonds. The van der Waals surface area contributed by atoms with E-state index in [2.05, 4.69) is 0 Å². The highest BCUT2D eigenvalue weighted by atomic mass is 35.5. The predicted octanol–water partition coefficient (Wildman–Crippen LogP) is 3.71. The minimum Gasteiger partial charge on any atom is -0.457 e. The van der Waals surface area contributed by atoms with Gasteiger partial charge in [-0.1, -0.05) is 23.7 Å². The van der Waals surface area contributed by atoms with E-state index < -0.39 is 11.8 Å². The summed E-state index contributed by atoms with van der Waals surface area (Å²) in [5, 5.41) is 9.02. The highest BCUT2D eigenvalue weighted by Crippen LogP contribution is 2.16. The van der Waals surface area contributed by atoms with Crippen molar-refractivity contribution >= 4 is 17.6 Å². The maximum atomic E-state index is 13.5. The largest absolute Gasteiger partial charge is 0.457 e. The summed E-state index contributed by atoms with van der Waals surface area (Å²) >= 11 is 5.71. The molecule has 0 radical (unpaired) electrons. The molecule has 0 spiro atoms. The van der Waals surface area contributed by atoms with Gasteiger partial charge in [-0.2, -0.15) is 5.26 Å². The molecule has 0 saturated heterocycles. The molecule has 0 N–H and O–H groups in total. The third kappa shape index (κ3) is 3.34. The first-order valence-corrected chi connectivity index (χ1v) is 6.09. The van der Waals surface area contributed by atoms with Gasteiger partial charge in [0.1, 0.15) is 12.4 Å². The Morgan fingerprint density at radius 3 is 2.85 bits per heavy atom. The smallest absolute Gasteiger partial charge is 0.341 e. The Bertz CT molecular complexity index is 695. The Balaban J connectivity index is 2.09. The molecular weight excluding hydrogens is 281 g/mol. The Hall–Kier alpha value is -2.38. The molecule has 0 atom stereocenters. The first-order valence-electron chi connectivity index (χ1n) is 5.71. The highest BCUT2D eigenvalue weighted by molar-refractivity contribution is 6.30. The van der Waals surface area contributed by atoms with Gasteiger partial charge in [0.2, 0.25) is 0 Å². The number of hydrogen-bond acceptors (Lipinski definition) is 3. The van der Waals surface area contributed by atoms with Crippen LogP contribution in [0.25, 0.3) is 0 Å². The molecule has 0 heterocycles. The van der Waals surface area contributed by atoms with Crippen LogP contribution >= 0.6 is 11.6 Å². The van der Waals surface area contributed by atoms with E-state index in [0.717, 1.165) is 6.07 Å². The zero-order valence-electron chi connectivity index (χ0n) is 10.3. The van der Waals surface area contributed by atoms with Crippen LogP contribution in [-0.4, -0.2) is 5.97 Å². The van der Waals surface area contributed by atoms with Crippen LogP contribution in [0.5, 0.6) is 0 Å². The first-order chi connectivity index (χ1) is 9.60. The van der Waals surface area contributed by atoms with Crippen molar-refractivity contribution in [1.82, 2.24) is 0 Å². The molecule has 0 unspecified atom stereocenters. The third-order valence-corrected chi connectivity index (χ3v) is 2.81. The fourth-order valence-electron chi connectivity index (χ4n) is 1.61. The maximum absolute atomic E-state index is 13.5. The molecule has 2 aromatic carbocycles. The van der Waals surface area contributed by atoms with Gasteiger partial charge in [0.25, 0.3) is 0 Å². The van der Waals surface area contributed by atoms with Crippen molar-refractivity contribution in [3.05, 3.63) is 70.0 Å². The molecule has 0 aromatic heterocycles. The van der Waals surface area contributed by atoms with Crippen LogP contribution in [0, 0.1) is 17.1 Å². The first kappa shape index (κ1) is 14.0. The third-order valence-electron chi connectivity index (χ3n) is 2.57. The topological polar surface area (TPSA) is 50.1 Å². The van der Waals surface area contributed by atoms with Crippen LogP contribution in [0.15, 0.2) is 42.5 Å². The van der Waals surface area contributed by atoms with Gasteiger partial charge in [0.15, 0.2) is 0 Å². The van der Waals surface area contributed by atoms with Gasteiger partial charge in [-0.3, -0.25) is 0 Å². The van der Waals surface area contributed by atoms with Crippen molar-refractivity contribution in [3.8, 4) is 6.07 Å². The van der Waals surface area contributed by atoms with E-state index in [4.69, 9.17) is 21.6 Å². The molecule has 20 heavy (non-hydrogen) atoms. The Morgan fingerprint density at radius 2 is 2.10 bits per heavy atom. The lowest BCUT2D eigenvalue weighted by molar-refractivity contribution is 0.0467. The maximum Gasteiger partial charge on any atom is 0.341 e. The van der Waals surface area contributed by atoms with Gasteiger partial charge in [0.05, 0.1) is 17.2 Å². The monoisotopic (exact) mass is 289 g/mol. The normalized spacial score (nSPS) is 9.85. The van der Waals surface area contributed by atoms with Crippen LogP contribution in [0.4, 0.5) is 4.39 Å². The number of hydrogen-bond donors (Lipinski definition) is 0. The molecule has 2 rings (SSSR count). The average molecular weight is 290 g/mol. The van der Waals surface area contributed by atoms with E-state index in [1.807, 2.05) is 6.07 Å². The number of benzene rings is 2. The Kier molecular flexibility index (Phi) is 4.34. The minimum atomic E-state index is -0.799. The molecule has 5 heteroatoms. The van der Waals surface area contributed by atoms with Crippen LogP contribution in [0.1, 0.15) is 21.5 Å². The summed E-state index contributed by atoms with van der Waals surface area (Å²) in [6.45, 7) is -0.0414. The quantitative estimate of drug-likeness (QED) is 0.809. The van der Waals surface area contributed by atoms with Gasteiger partial charge in [-0.25, -0.2) is 9.18 Å². The van der Waals surface area contributed by atoms with Crippen molar-refractivity contribution in [3.63, 3.8) is 0 Å². The lowest BCUT2D eigenvalue weighted by atomic mass is 10.1. The SMILES string of the molecule is N#Cc1cccc(COC(=O)c2cc(Cl)ccc2F)c1. The van der Waals surface area contributed by atoms with Gasteiger partial charge in [-0.05, 0) is 35.9 Å². The number of carbonyl (C=O) groups excluding carboxylic acids is 1. The zero-order chi connectivity index (χ0) is 14.5. The van der Waals surface area contributed by atoms with E-state index >= 15 is 0 Å². The summed E-state index contributed by atoms with van der Waals surface area (Å²) in [5.41, 5.74) is 0.904. The summed E-state index contributed by atoms with van der Waals surface area (Å²) in [6, 6.07) is 12.3. The van der Waals surface area contributed by atoms with E-state index in [1.54, 1.807) is 24.3 Å². The van der Waals surface area contributed by atoms with Gasteiger partial charge in [-0.15, -0.1) is 0 Å². The molecule has 0 saturated carbocycles. The summed E-state index contributed by atoms with van der Waals surface area (Å²) < 4.78 is 18.5. The number of ether oxygens (including phenoxy) is 1. The van der Waals surface area contributed by atoms with Crippen LogP contribution in [0.3, 0.4) is 0 Å². The molecule has 0 aliphatic carbocycles. The summed E-state index contributed by atoms with van der Waals surface area (Å²) in [6.07, 6.45) is 0. The zero-order valence-corrected chi connectivity index (χ0v) is 11.0.